The van der Waals surface area contributed by atoms with Gasteiger partial charge in [-0.1, -0.05) is 13.3 Å². The van der Waals surface area contributed by atoms with Gasteiger partial charge in [0.2, 0.25) is 0 Å². The number of ether oxygens (including phenoxy) is 2. The van der Waals surface area contributed by atoms with Gasteiger partial charge in [-0.3, -0.25) is 0 Å². The van der Waals surface area contributed by atoms with Crippen LogP contribution >= 0.6 is 0 Å². The van der Waals surface area contributed by atoms with Crippen molar-refractivity contribution >= 4 is 0 Å². The first-order valence-electron chi connectivity index (χ1n) is 5.12. The molecule has 2 atom stereocenters. The molecule has 0 aromatic carbocycles. The lowest BCUT2D eigenvalue weighted by Gasteiger charge is -2.23. The highest BCUT2D eigenvalue weighted by Crippen LogP contribution is 2.00. The van der Waals surface area contributed by atoms with Crippen LogP contribution in [0.5, 0.6) is 0 Å². The monoisotopic (exact) mass is 205 g/mol. The molecule has 4 nitrogen and oxygen atoms in total. The van der Waals surface area contributed by atoms with Crippen LogP contribution in [0.15, 0.2) is 0 Å². The molecule has 0 amide bonds. The molecule has 86 valence electrons. The number of rotatable bonds is 8. The summed E-state index contributed by atoms with van der Waals surface area (Å²) in [5.41, 5.74) is 0. The normalized spacial score (nSPS) is 15.9. The third-order valence-electron chi connectivity index (χ3n) is 2.17. The van der Waals surface area contributed by atoms with Crippen LogP contribution in [-0.2, 0) is 9.47 Å². The summed E-state index contributed by atoms with van der Waals surface area (Å²) in [5.74, 6) is 0. The zero-order valence-electron chi connectivity index (χ0n) is 9.62. The molecule has 2 unspecified atom stereocenters. The van der Waals surface area contributed by atoms with Crippen LogP contribution in [0.3, 0.4) is 0 Å². The fourth-order valence-corrected chi connectivity index (χ4v) is 1.36. The maximum absolute atomic E-state index is 9.48. The maximum atomic E-state index is 9.48. The van der Waals surface area contributed by atoms with E-state index in [9.17, 15) is 5.11 Å². The van der Waals surface area contributed by atoms with Gasteiger partial charge in [0.1, 0.15) is 0 Å². The third kappa shape index (κ3) is 5.54. The number of nitrogens with one attached hydrogen (secondary N) is 1. The van der Waals surface area contributed by atoms with E-state index in [0.29, 0.717) is 6.54 Å². The van der Waals surface area contributed by atoms with E-state index in [-0.39, 0.29) is 18.4 Å². The Morgan fingerprint density at radius 2 is 1.86 bits per heavy atom. The van der Waals surface area contributed by atoms with Crippen LogP contribution in [0.2, 0.25) is 0 Å². The second-order valence-electron chi connectivity index (χ2n) is 3.48. The Bertz CT molecular complexity index is 129. The van der Waals surface area contributed by atoms with Gasteiger partial charge < -0.3 is 19.9 Å². The van der Waals surface area contributed by atoms with Crippen LogP contribution in [0.1, 0.15) is 26.7 Å². The average molecular weight is 205 g/mol. The van der Waals surface area contributed by atoms with Crippen molar-refractivity contribution in [2.24, 2.45) is 0 Å². The van der Waals surface area contributed by atoms with E-state index < -0.39 is 0 Å². The van der Waals surface area contributed by atoms with E-state index in [1.54, 1.807) is 14.2 Å². The number of methoxy groups -OCH3 is 2. The Hall–Kier alpha value is -0.160. The van der Waals surface area contributed by atoms with Crippen molar-refractivity contribution in [1.29, 1.82) is 0 Å². The van der Waals surface area contributed by atoms with Crippen molar-refractivity contribution < 1.29 is 14.6 Å². The van der Waals surface area contributed by atoms with Crippen molar-refractivity contribution in [1.82, 2.24) is 5.32 Å². The number of hydrogen-bond donors (Lipinski definition) is 2. The molecule has 0 aromatic rings. The molecule has 0 aromatic heterocycles. The first-order chi connectivity index (χ1) is 6.65. The van der Waals surface area contributed by atoms with E-state index in [2.05, 4.69) is 12.2 Å². The first-order valence-corrected chi connectivity index (χ1v) is 5.12. The van der Waals surface area contributed by atoms with E-state index >= 15 is 0 Å². The summed E-state index contributed by atoms with van der Waals surface area (Å²) < 4.78 is 10.2. The second-order valence-corrected chi connectivity index (χ2v) is 3.48. The van der Waals surface area contributed by atoms with Gasteiger partial charge >= 0.3 is 0 Å². The van der Waals surface area contributed by atoms with E-state index in [4.69, 9.17) is 9.47 Å². The standard InChI is InChI=1S/C10H23NO3/c1-5-6-9(12)7-11-8(2)10(13-3)14-4/h8-12H,5-7H2,1-4H3. The molecule has 0 saturated heterocycles. The SMILES string of the molecule is CCCC(O)CNC(C)C(OC)OC. The zero-order chi connectivity index (χ0) is 11.0. The summed E-state index contributed by atoms with van der Waals surface area (Å²) in [6.45, 7) is 4.61. The summed E-state index contributed by atoms with van der Waals surface area (Å²) in [7, 11) is 3.21. The molecule has 0 heterocycles. The summed E-state index contributed by atoms with van der Waals surface area (Å²) in [6, 6.07) is 0.0801. The van der Waals surface area contributed by atoms with Gasteiger partial charge in [0.25, 0.3) is 0 Å². The number of aliphatic hydroxyl groups is 1. The lowest BCUT2D eigenvalue weighted by Crippen LogP contribution is -2.42. The smallest absolute Gasteiger partial charge is 0.171 e. The maximum Gasteiger partial charge on any atom is 0.171 e. The van der Waals surface area contributed by atoms with Crippen molar-refractivity contribution in [3.63, 3.8) is 0 Å². The molecule has 0 spiro atoms. The average Bonchev–Trinajstić information content (AvgIpc) is 2.17. The predicted molar refractivity (Wildman–Crippen MR) is 56.2 cm³/mol. The molecular formula is C10H23NO3. The molecular weight excluding hydrogens is 182 g/mol. The fourth-order valence-electron chi connectivity index (χ4n) is 1.36. The molecule has 0 radical (unpaired) electrons. The van der Waals surface area contributed by atoms with Gasteiger partial charge in [0.05, 0.1) is 12.1 Å². The van der Waals surface area contributed by atoms with Crippen molar-refractivity contribution in [2.45, 2.75) is 45.1 Å². The van der Waals surface area contributed by atoms with Gasteiger partial charge in [-0.15, -0.1) is 0 Å². The van der Waals surface area contributed by atoms with Gasteiger partial charge in [-0.25, -0.2) is 0 Å². The minimum atomic E-state index is -0.281. The molecule has 0 saturated carbocycles. The molecule has 14 heavy (non-hydrogen) atoms. The second kappa shape index (κ2) is 8.17. The number of hydrogen-bond acceptors (Lipinski definition) is 4. The van der Waals surface area contributed by atoms with Crippen LogP contribution in [-0.4, -0.2) is 44.3 Å². The topological polar surface area (TPSA) is 50.7 Å². The Morgan fingerprint density at radius 3 is 2.29 bits per heavy atom. The van der Waals surface area contributed by atoms with Gasteiger partial charge in [-0.2, -0.15) is 0 Å². The van der Waals surface area contributed by atoms with Crippen LogP contribution in [0.25, 0.3) is 0 Å². The molecule has 0 aliphatic heterocycles. The lowest BCUT2D eigenvalue weighted by atomic mass is 10.2. The van der Waals surface area contributed by atoms with E-state index in [0.717, 1.165) is 12.8 Å². The predicted octanol–water partition coefficient (Wildman–Crippen LogP) is 0.744. The summed E-state index contributed by atoms with van der Waals surface area (Å²) >= 11 is 0. The number of aliphatic hydroxyl groups excluding tert-OH is 1. The van der Waals surface area contributed by atoms with E-state index in [1.807, 2.05) is 6.92 Å². The molecule has 0 rings (SSSR count). The van der Waals surface area contributed by atoms with Crippen LogP contribution in [0.4, 0.5) is 0 Å². The molecule has 0 aliphatic carbocycles. The quantitative estimate of drug-likeness (QED) is 0.574. The highest BCUT2D eigenvalue weighted by molar-refractivity contribution is 4.67. The van der Waals surface area contributed by atoms with Gasteiger partial charge in [0, 0.05) is 20.8 Å². The lowest BCUT2D eigenvalue weighted by molar-refractivity contribution is -0.120. The highest BCUT2D eigenvalue weighted by atomic mass is 16.7. The van der Waals surface area contributed by atoms with Crippen molar-refractivity contribution in [3.05, 3.63) is 0 Å². The molecule has 0 aliphatic rings. The Morgan fingerprint density at radius 1 is 1.29 bits per heavy atom. The van der Waals surface area contributed by atoms with Gasteiger partial charge in [0.15, 0.2) is 6.29 Å². The first kappa shape index (κ1) is 13.8. The van der Waals surface area contributed by atoms with Crippen molar-refractivity contribution in [2.75, 3.05) is 20.8 Å². The minimum Gasteiger partial charge on any atom is -0.392 e. The third-order valence-corrected chi connectivity index (χ3v) is 2.17. The van der Waals surface area contributed by atoms with Crippen LogP contribution in [0, 0.1) is 0 Å². The summed E-state index contributed by atoms with van der Waals surface area (Å²) in [6.07, 6.45) is 1.28. The van der Waals surface area contributed by atoms with E-state index in [1.165, 1.54) is 0 Å². The zero-order valence-corrected chi connectivity index (χ0v) is 9.62. The Kier molecular flexibility index (Phi) is 8.08. The Balaban J connectivity index is 3.65. The Labute approximate surface area is 86.6 Å². The van der Waals surface area contributed by atoms with Gasteiger partial charge in [-0.05, 0) is 13.3 Å². The largest absolute Gasteiger partial charge is 0.392 e. The summed E-state index contributed by atoms with van der Waals surface area (Å²) in [5, 5.41) is 12.7. The van der Waals surface area contributed by atoms with Crippen LogP contribution < -0.4 is 5.32 Å². The molecule has 4 heteroatoms. The molecule has 0 fully saturated rings. The van der Waals surface area contributed by atoms with Crippen molar-refractivity contribution in [3.8, 4) is 0 Å². The highest BCUT2D eigenvalue weighted by Gasteiger charge is 2.15. The summed E-state index contributed by atoms with van der Waals surface area (Å²) in [4.78, 5) is 0. The molecule has 2 N–H and O–H groups in total. The minimum absolute atomic E-state index is 0.0801. The fraction of sp³-hybridized carbons (Fsp3) is 1.00. The molecule has 0 bridgehead atoms.